The Kier molecular flexibility index (Phi) is 5.71. The van der Waals surface area contributed by atoms with Crippen molar-refractivity contribution in [3.63, 3.8) is 0 Å². The first-order valence-corrected chi connectivity index (χ1v) is 6.36. The maximum absolute atomic E-state index is 11.6. The maximum Gasteiger partial charge on any atom is 0.222 e. The van der Waals surface area contributed by atoms with Gasteiger partial charge in [0.1, 0.15) is 18.3 Å². The Morgan fingerprint density at radius 3 is 2.32 bits per heavy atom. The van der Waals surface area contributed by atoms with Gasteiger partial charge in [-0.2, -0.15) is 0 Å². The Morgan fingerprint density at radius 2 is 1.79 bits per heavy atom. The van der Waals surface area contributed by atoms with Gasteiger partial charge in [0.05, 0.1) is 12.5 Å². The Bertz CT molecular complexity index is 334. The van der Waals surface area contributed by atoms with E-state index in [9.17, 15) is 19.8 Å². The third-order valence-corrected chi connectivity index (χ3v) is 2.85. The number of amides is 2. The molecule has 4 N–H and O–H groups in total. The molecule has 4 unspecified atom stereocenters. The molecule has 7 nitrogen and oxygen atoms in total. The second kappa shape index (κ2) is 6.83. The fraction of sp³-hybridized carbons (Fsp3) is 0.833. The Labute approximate surface area is 112 Å². The van der Waals surface area contributed by atoms with Crippen molar-refractivity contribution in [2.45, 2.75) is 57.6 Å². The van der Waals surface area contributed by atoms with Crippen LogP contribution in [-0.2, 0) is 14.3 Å². The second-order valence-electron chi connectivity index (χ2n) is 5.06. The van der Waals surface area contributed by atoms with Crippen molar-refractivity contribution in [1.82, 2.24) is 10.6 Å². The standard InChI is InChI=1S/C12H22N2O5/c1-6(2)14-10(16)4-8-11(17)12(18)9(19-8)5-13-7(3)15/h6,8-9,11-12,17-18H,4-5H2,1-3H3,(H,13,15)(H,14,16). The van der Waals surface area contributed by atoms with Gasteiger partial charge in [0.15, 0.2) is 0 Å². The molecule has 4 atom stereocenters. The smallest absolute Gasteiger partial charge is 0.222 e. The predicted octanol–water partition coefficient (Wildman–Crippen LogP) is -1.47. The SMILES string of the molecule is CC(=O)NCC1OC(CC(=O)NC(C)C)C(O)C1O. The van der Waals surface area contributed by atoms with E-state index in [0.717, 1.165) is 0 Å². The van der Waals surface area contributed by atoms with Crippen molar-refractivity contribution in [3.05, 3.63) is 0 Å². The minimum atomic E-state index is -1.13. The summed E-state index contributed by atoms with van der Waals surface area (Å²) in [5.74, 6) is -0.488. The highest BCUT2D eigenvalue weighted by Crippen LogP contribution is 2.23. The molecule has 0 aromatic rings. The van der Waals surface area contributed by atoms with Crippen LogP contribution in [0.3, 0.4) is 0 Å². The van der Waals surface area contributed by atoms with E-state index in [-0.39, 0.29) is 30.8 Å². The second-order valence-corrected chi connectivity index (χ2v) is 5.06. The predicted molar refractivity (Wildman–Crippen MR) is 67.3 cm³/mol. The van der Waals surface area contributed by atoms with Gasteiger partial charge in [-0.1, -0.05) is 0 Å². The van der Waals surface area contributed by atoms with Crippen molar-refractivity contribution < 1.29 is 24.5 Å². The molecule has 0 saturated carbocycles. The highest BCUT2D eigenvalue weighted by Gasteiger charge is 2.43. The summed E-state index contributed by atoms with van der Waals surface area (Å²) in [7, 11) is 0. The molecule has 7 heteroatoms. The summed E-state index contributed by atoms with van der Waals surface area (Å²) in [6.07, 6.45) is -3.71. The van der Waals surface area contributed by atoms with E-state index in [1.54, 1.807) is 0 Å². The highest BCUT2D eigenvalue weighted by atomic mass is 16.5. The molecule has 0 radical (unpaired) electrons. The molecule has 1 saturated heterocycles. The summed E-state index contributed by atoms with van der Waals surface area (Å²) in [5, 5.41) is 24.8. The molecular formula is C12H22N2O5. The Balaban J connectivity index is 2.48. The van der Waals surface area contributed by atoms with Crippen molar-refractivity contribution >= 4 is 11.8 Å². The molecule has 110 valence electrons. The number of hydrogen-bond acceptors (Lipinski definition) is 5. The summed E-state index contributed by atoms with van der Waals surface area (Å²) in [4.78, 5) is 22.4. The minimum absolute atomic E-state index is 0.00569. The number of ether oxygens (including phenoxy) is 1. The van der Waals surface area contributed by atoms with Gasteiger partial charge in [-0.05, 0) is 13.8 Å². The summed E-state index contributed by atoms with van der Waals surface area (Å²) < 4.78 is 5.41. The monoisotopic (exact) mass is 274 g/mol. The Hall–Kier alpha value is -1.18. The molecular weight excluding hydrogens is 252 g/mol. The molecule has 1 fully saturated rings. The lowest BCUT2D eigenvalue weighted by atomic mass is 10.1. The van der Waals surface area contributed by atoms with Crippen LogP contribution < -0.4 is 10.6 Å². The van der Waals surface area contributed by atoms with Crippen LogP contribution >= 0.6 is 0 Å². The zero-order valence-corrected chi connectivity index (χ0v) is 11.4. The van der Waals surface area contributed by atoms with Crippen LogP contribution in [0.4, 0.5) is 0 Å². The van der Waals surface area contributed by atoms with E-state index in [4.69, 9.17) is 4.74 Å². The van der Waals surface area contributed by atoms with Gasteiger partial charge >= 0.3 is 0 Å². The molecule has 1 aliphatic rings. The van der Waals surface area contributed by atoms with E-state index in [1.807, 2.05) is 13.8 Å². The van der Waals surface area contributed by atoms with Crippen LogP contribution in [0.1, 0.15) is 27.2 Å². The number of carbonyl (C=O) groups is 2. The lowest BCUT2D eigenvalue weighted by molar-refractivity contribution is -0.126. The first kappa shape index (κ1) is 15.9. The molecule has 0 aliphatic carbocycles. The summed E-state index contributed by atoms with van der Waals surface area (Å²) >= 11 is 0. The summed E-state index contributed by atoms with van der Waals surface area (Å²) in [6.45, 7) is 5.12. The molecule has 1 rings (SSSR count). The van der Waals surface area contributed by atoms with Crippen LogP contribution in [0.5, 0.6) is 0 Å². The van der Waals surface area contributed by atoms with E-state index < -0.39 is 24.4 Å². The van der Waals surface area contributed by atoms with Crippen molar-refractivity contribution in [2.75, 3.05) is 6.54 Å². The topological polar surface area (TPSA) is 108 Å². The normalized spacial score (nSPS) is 30.4. The van der Waals surface area contributed by atoms with E-state index in [1.165, 1.54) is 6.92 Å². The largest absolute Gasteiger partial charge is 0.388 e. The average Bonchev–Trinajstić information content (AvgIpc) is 2.53. The van der Waals surface area contributed by atoms with E-state index in [2.05, 4.69) is 10.6 Å². The van der Waals surface area contributed by atoms with Gasteiger partial charge in [-0.25, -0.2) is 0 Å². The van der Waals surface area contributed by atoms with Crippen molar-refractivity contribution in [2.24, 2.45) is 0 Å². The van der Waals surface area contributed by atoms with Gasteiger partial charge in [-0.3, -0.25) is 9.59 Å². The van der Waals surface area contributed by atoms with Crippen LogP contribution in [0.25, 0.3) is 0 Å². The molecule has 2 amide bonds. The molecule has 0 aromatic carbocycles. The summed E-state index contributed by atoms with van der Waals surface area (Å²) in [5.41, 5.74) is 0. The summed E-state index contributed by atoms with van der Waals surface area (Å²) in [6, 6.07) is 0.00569. The van der Waals surface area contributed by atoms with Gasteiger partial charge in [0, 0.05) is 19.5 Å². The number of rotatable bonds is 5. The van der Waals surface area contributed by atoms with Crippen LogP contribution in [0, 0.1) is 0 Å². The van der Waals surface area contributed by atoms with Gasteiger partial charge in [-0.15, -0.1) is 0 Å². The molecule has 0 aromatic heterocycles. The fourth-order valence-electron chi connectivity index (χ4n) is 1.97. The molecule has 0 bridgehead atoms. The zero-order chi connectivity index (χ0) is 14.6. The molecule has 19 heavy (non-hydrogen) atoms. The lowest BCUT2D eigenvalue weighted by Crippen LogP contribution is -2.39. The van der Waals surface area contributed by atoms with Gasteiger partial charge in [0.25, 0.3) is 0 Å². The Morgan fingerprint density at radius 1 is 1.21 bits per heavy atom. The van der Waals surface area contributed by atoms with Crippen molar-refractivity contribution in [1.29, 1.82) is 0 Å². The number of carbonyl (C=O) groups excluding carboxylic acids is 2. The molecule has 1 heterocycles. The van der Waals surface area contributed by atoms with Gasteiger partial charge in [0.2, 0.25) is 11.8 Å². The third kappa shape index (κ3) is 4.77. The first-order valence-electron chi connectivity index (χ1n) is 6.36. The maximum atomic E-state index is 11.6. The molecule has 1 aliphatic heterocycles. The molecule has 0 spiro atoms. The van der Waals surface area contributed by atoms with Crippen LogP contribution in [0.2, 0.25) is 0 Å². The van der Waals surface area contributed by atoms with E-state index in [0.29, 0.717) is 0 Å². The zero-order valence-electron chi connectivity index (χ0n) is 11.4. The minimum Gasteiger partial charge on any atom is -0.388 e. The first-order chi connectivity index (χ1) is 8.81. The third-order valence-electron chi connectivity index (χ3n) is 2.85. The number of hydrogen-bond donors (Lipinski definition) is 4. The van der Waals surface area contributed by atoms with Crippen LogP contribution in [-0.4, -0.2) is 59.0 Å². The van der Waals surface area contributed by atoms with Crippen LogP contribution in [0.15, 0.2) is 0 Å². The average molecular weight is 274 g/mol. The number of aliphatic hydroxyl groups is 2. The number of nitrogens with one attached hydrogen (secondary N) is 2. The van der Waals surface area contributed by atoms with Crippen molar-refractivity contribution in [3.8, 4) is 0 Å². The number of aliphatic hydroxyl groups excluding tert-OH is 2. The quantitative estimate of drug-likeness (QED) is 0.489. The highest BCUT2D eigenvalue weighted by molar-refractivity contribution is 5.76. The van der Waals surface area contributed by atoms with E-state index >= 15 is 0 Å². The van der Waals surface area contributed by atoms with Gasteiger partial charge < -0.3 is 25.6 Å². The fourth-order valence-corrected chi connectivity index (χ4v) is 1.97. The lowest BCUT2D eigenvalue weighted by Gasteiger charge is -2.15.